The Bertz CT molecular complexity index is 915. The summed E-state index contributed by atoms with van der Waals surface area (Å²) in [7, 11) is 1.98. The molecule has 0 saturated heterocycles. The average molecular weight is 353 g/mol. The molecule has 2 aromatic heterocycles. The van der Waals surface area contributed by atoms with Gasteiger partial charge in [0.25, 0.3) is 5.91 Å². The van der Waals surface area contributed by atoms with Gasteiger partial charge in [0.1, 0.15) is 5.69 Å². The number of carbonyl (C=O) groups is 1. The summed E-state index contributed by atoms with van der Waals surface area (Å²) in [4.78, 5) is 18.7. The molecule has 1 aromatic carbocycles. The number of benzene rings is 1. The van der Waals surface area contributed by atoms with Crippen LogP contribution < -0.4 is 5.73 Å². The van der Waals surface area contributed by atoms with Crippen molar-refractivity contribution >= 4 is 22.4 Å². The zero-order valence-electron chi connectivity index (χ0n) is 14.0. The minimum absolute atomic E-state index is 0.0463. The van der Waals surface area contributed by atoms with Crippen LogP contribution in [0.5, 0.6) is 0 Å². The van der Waals surface area contributed by atoms with E-state index in [0.717, 1.165) is 24.1 Å². The minimum Gasteiger partial charge on any atom is -0.375 e. The third kappa shape index (κ3) is 2.91. The van der Waals surface area contributed by atoms with E-state index in [9.17, 15) is 4.79 Å². The number of thiazole rings is 1. The summed E-state index contributed by atoms with van der Waals surface area (Å²) >= 11 is 1.30. The van der Waals surface area contributed by atoms with Crippen LogP contribution in [0.15, 0.2) is 35.7 Å². The van der Waals surface area contributed by atoms with E-state index in [1.54, 1.807) is 5.38 Å². The molecule has 0 atom stereocenters. The molecule has 0 radical (unpaired) electrons. The van der Waals surface area contributed by atoms with Crippen molar-refractivity contribution in [2.24, 2.45) is 7.05 Å². The quantitative estimate of drug-likeness (QED) is 0.767. The van der Waals surface area contributed by atoms with Gasteiger partial charge in [-0.05, 0) is 6.42 Å². The topological polar surface area (TPSA) is 77.0 Å². The molecule has 0 aliphatic carbocycles. The predicted octanol–water partition coefficient (Wildman–Crippen LogP) is 2.37. The number of carbonyl (C=O) groups excluding carboxylic acids is 1. The molecule has 0 unspecified atom stereocenters. The number of hydrogen-bond acceptors (Lipinski definition) is 5. The summed E-state index contributed by atoms with van der Waals surface area (Å²) in [6, 6.07) is 10.2. The number of nitrogen functional groups attached to an aromatic ring is 1. The van der Waals surface area contributed by atoms with Crippen molar-refractivity contribution in [3.05, 3.63) is 52.7 Å². The number of anilines is 1. The highest BCUT2D eigenvalue weighted by molar-refractivity contribution is 7.13. The Morgan fingerprint density at radius 2 is 1.96 bits per heavy atom. The Morgan fingerprint density at radius 1 is 1.20 bits per heavy atom. The van der Waals surface area contributed by atoms with E-state index < -0.39 is 0 Å². The van der Waals surface area contributed by atoms with Gasteiger partial charge >= 0.3 is 0 Å². The van der Waals surface area contributed by atoms with Gasteiger partial charge in [-0.2, -0.15) is 5.10 Å². The van der Waals surface area contributed by atoms with Crippen molar-refractivity contribution in [2.75, 3.05) is 18.8 Å². The molecule has 25 heavy (non-hydrogen) atoms. The smallest absolute Gasteiger partial charge is 0.273 e. The number of rotatable bonds is 2. The van der Waals surface area contributed by atoms with Gasteiger partial charge in [0.2, 0.25) is 0 Å². The van der Waals surface area contributed by atoms with Crippen LogP contribution in [0.4, 0.5) is 5.13 Å². The van der Waals surface area contributed by atoms with Crippen LogP contribution in [0.1, 0.15) is 21.7 Å². The molecule has 4 rings (SSSR count). The lowest BCUT2D eigenvalue weighted by Gasteiger charge is -2.19. The van der Waals surface area contributed by atoms with Crippen molar-refractivity contribution in [2.45, 2.75) is 12.8 Å². The Morgan fingerprint density at radius 3 is 2.68 bits per heavy atom. The van der Waals surface area contributed by atoms with Crippen LogP contribution in [0, 0.1) is 0 Å². The lowest BCUT2D eigenvalue weighted by molar-refractivity contribution is 0.0757. The van der Waals surface area contributed by atoms with E-state index >= 15 is 0 Å². The molecule has 6 nitrogen and oxygen atoms in total. The number of fused-ring (bicyclic) bond motifs is 1. The number of nitrogens with two attached hydrogens (primary N) is 1. The Kier molecular flexibility index (Phi) is 4.01. The molecule has 3 aromatic rings. The first-order valence-electron chi connectivity index (χ1n) is 8.24. The summed E-state index contributed by atoms with van der Waals surface area (Å²) in [5, 5.41) is 6.88. The fourth-order valence-corrected chi connectivity index (χ4v) is 3.89. The standard InChI is InChI=1S/C18H19N5OS/c1-22-15-8-10-23(17(24)14-11-25-18(19)20-14)9-7-13(15)16(21-22)12-5-3-2-4-6-12/h2-6,11H,7-10H2,1H3,(H2,19,20). The second-order valence-corrected chi connectivity index (χ2v) is 7.02. The SMILES string of the molecule is Cn1nc(-c2ccccc2)c2c1CCN(C(=O)c1csc(N)n1)CC2. The van der Waals surface area contributed by atoms with Gasteiger partial charge in [-0.1, -0.05) is 30.3 Å². The monoisotopic (exact) mass is 353 g/mol. The molecule has 1 aliphatic rings. The summed E-state index contributed by atoms with van der Waals surface area (Å²) in [6.45, 7) is 1.33. The maximum Gasteiger partial charge on any atom is 0.273 e. The van der Waals surface area contributed by atoms with E-state index in [1.165, 1.54) is 22.6 Å². The molecule has 0 bridgehead atoms. The van der Waals surface area contributed by atoms with Crippen LogP contribution in [0.25, 0.3) is 11.3 Å². The zero-order chi connectivity index (χ0) is 17.4. The van der Waals surface area contributed by atoms with Crippen molar-refractivity contribution in [1.82, 2.24) is 19.7 Å². The molecule has 1 aliphatic heterocycles. The largest absolute Gasteiger partial charge is 0.375 e. The van der Waals surface area contributed by atoms with Crippen molar-refractivity contribution in [1.29, 1.82) is 0 Å². The second kappa shape index (κ2) is 6.33. The first-order valence-corrected chi connectivity index (χ1v) is 9.12. The second-order valence-electron chi connectivity index (χ2n) is 6.13. The molecule has 0 spiro atoms. The van der Waals surface area contributed by atoms with E-state index in [1.807, 2.05) is 34.8 Å². The molecular weight excluding hydrogens is 334 g/mol. The highest BCUT2D eigenvalue weighted by atomic mass is 32.1. The fraction of sp³-hybridized carbons (Fsp3) is 0.278. The van der Waals surface area contributed by atoms with E-state index in [0.29, 0.717) is 23.9 Å². The first kappa shape index (κ1) is 15.8. The summed E-state index contributed by atoms with van der Waals surface area (Å²) < 4.78 is 1.95. The van der Waals surface area contributed by atoms with Gasteiger partial charge in [0.15, 0.2) is 5.13 Å². The molecule has 7 heteroatoms. The number of hydrogen-bond donors (Lipinski definition) is 1. The number of aryl methyl sites for hydroxylation is 1. The van der Waals surface area contributed by atoms with Crippen LogP contribution in [0.2, 0.25) is 0 Å². The third-order valence-electron chi connectivity index (χ3n) is 4.60. The van der Waals surface area contributed by atoms with Gasteiger partial charge < -0.3 is 10.6 Å². The summed E-state index contributed by atoms with van der Waals surface area (Å²) in [6.07, 6.45) is 1.58. The average Bonchev–Trinajstić information content (AvgIpc) is 3.11. The number of aromatic nitrogens is 3. The van der Waals surface area contributed by atoms with Crippen LogP contribution >= 0.6 is 11.3 Å². The van der Waals surface area contributed by atoms with Crippen molar-refractivity contribution in [3.8, 4) is 11.3 Å². The lowest BCUT2D eigenvalue weighted by atomic mass is 10.0. The van der Waals surface area contributed by atoms with Gasteiger partial charge in [-0.15, -0.1) is 11.3 Å². The molecular formula is C18H19N5OS. The summed E-state index contributed by atoms with van der Waals surface area (Å²) in [5.41, 5.74) is 10.7. The Balaban J connectivity index is 1.61. The van der Waals surface area contributed by atoms with Gasteiger partial charge in [-0.25, -0.2) is 4.98 Å². The molecule has 0 fully saturated rings. The normalized spacial score (nSPS) is 14.2. The van der Waals surface area contributed by atoms with E-state index in [2.05, 4.69) is 17.1 Å². The molecule has 3 heterocycles. The van der Waals surface area contributed by atoms with Gasteiger partial charge in [0.05, 0.1) is 5.69 Å². The van der Waals surface area contributed by atoms with Crippen LogP contribution in [0.3, 0.4) is 0 Å². The van der Waals surface area contributed by atoms with Gasteiger partial charge in [-0.3, -0.25) is 9.48 Å². The minimum atomic E-state index is -0.0463. The van der Waals surface area contributed by atoms with Crippen LogP contribution in [-0.2, 0) is 19.9 Å². The number of amides is 1. The maximum absolute atomic E-state index is 12.7. The molecule has 0 saturated carbocycles. The molecule has 2 N–H and O–H groups in total. The lowest BCUT2D eigenvalue weighted by Crippen LogP contribution is -2.33. The summed E-state index contributed by atoms with van der Waals surface area (Å²) in [5.74, 6) is -0.0463. The first-order chi connectivity index (χ1) is 12.1. The molecule has 1 amide bonds. The van der Waals surface area contributed by atoms with E-state index in [4.69, 9.17) is 10.8 Å². The zero-order valence-corrected chi connectivity index (χ0v) is 14.8. The number of nitrogens with zero attached hydrogens (tertiary/aromatic N) is 4. The fourth-order valence-electron chi connectivity index (χ4n) is 3.36. The van der Waals surface area contributed by atoms with Crippen molar-refractivity contribution in [3.63, 3.8) is 0 Å². The van der Waals surface area contributed by atoms with Gasteiger partial charge in [0, 0.05) is 48.8 Å². The van der Waals surface area contributed by atoms with Crippen LogP contribution in [-0.4, -0.2) is 38.7 Å². The molecule has 128 valence electrons. The highest BCUT2D eigenvalue weighted by Gasteiger charge is 2.25. The Hall–Kier alpha value is -2.67. The van der Waals surface area contributed by atoms with E-state index in [-0.39, 0.29) is 5.91 Å². The Labute approximate surface area is 149 Å². The van der Waals surface area contributed by atoms with Crippen molar-refractivity contribution < 1.29 is 4.79 Å². The maximum atomic E-state index is 12.7. The third-order valence-corrected chi connectivity index (χ3v) is 5.27. The predicted molar refractivity (Wildman–Crippen MR) is 98.5 cm³/mol. The highest BCUT2D eigenvalue weighted by Crippen LogP contribution is 2.28.